The topological polar surface area (TPSA) is 93.7 Å². The van der Waals surface area contributed by atoms with Crippen LogP contribution in [-0.4, -0.2) is 34.6 Å². The Kier molecular flexibility index (Phi) is 7.69. The lowest BCUT2D eigenvalue weighted by atomic mass is 10.1. The minimum Gasteiger partial charge on any atom is -0.497 e. The number of hydrogen-bond donors (Lipinski definition) is 2. The van der Waals surface area contributed by atoms with E-state index in [-0.39, 0.29) is 17.4 Å². The highest BCUT2D eigenvalue weighted by Crippen LogP contribution is 2.21. The average molecular weight is 407 g/mol. The first kappa shape index (κ1) is 21.6. The maximum Gasteiger partial charge on any atom is 0.261 e. The third-order valence-electron chi connectivity index (χ3n) is 3.89. The van der Waals surface area contributed by atoms with Crippen LogP contribution in [0.1, 0.15) is 20.3 Å². The number of carbonyl (C=O) groups is 1. The molecule has 152 valence electrons. The number of methoxy groups -OCH3 is 1. The number of anilines is 1. The van der Waals surface area contributed by atoms with E-state index in [0.29, 0.717) is 29.6 Å². The molecular formula is C20H26N2O5S. The first-order valence-electron chi connectivity index (χ1n) is 8.96. The lowest BCUT2D eigenvalue weighted by Crippen LogP contribution is -2.30. The first-order chi connectivity index (χ1) is 13.3. The standard InChI is InChI=1S/C20H26N2O5S/c1-15(2)12-13-21-20(23)14-27-18-8-10-19(11-9-18)28(24,25)22-16-4-6-17(26-3)7-5-16/h4-11,15,22H,12-14H2,1-3H3,(H,21,23). The molecule has 0 saturated carbocycles. The molecule has 0 saturated heterocycles. The Bertz CT molecular complexity index is 862. The molecule has 2 aromatic rings. The predicted octanol–water partition coefficient (Wildman–Crippen LogP) is 3.04. The van der Waals surface area contributed by atoms with Gasteiger partial charge < -0.3 is 14.8 Å². The summed E-state index contributed by atoms with van der Waals surface area (Å²) in [4.78, 5) is 11.8. The van der Waals surface area contributed by atoms with Crippen molar-refractivity contribution in [3.8, 4) is 11.5 Å². The number of benzene rings is 2. The van der Waals surface area contributed by atoms with Crippen LogP contribution in [0.5, 0.6) is 11.5 Å². The Hall–Kier alpha value is -2.74. The van der Waals surface area contributed by atoms with Crippen molar-refractivity contribution in [2.75, 3.05) is 25.0 Å². The van der Waals surface area contributed by atoms with Crippen LogP contribution in [-0.2, 0) is 14.8 Å². The summed E-state index contributed by atoms with van der Waals surface area (Å²) in [6.07, 6.45) is 0.902. The summed E-state index contributed by atoms with van der Waals surface area (Å²) in [6.45, 7) is 4.66. The van der Waals surface area contributed by atoms with E-state index in [4.69, 9.17) is 9.47 Å². The van der Waals surface area contributed by atoms with Gasteiger partial charge in [-0.05, 0) is 60.9 Å². The number of sulfonamides is 1. The number of ether oxygens (including phenoxy) is 2. The zero-order valence-electron chi connectivity index (χ0n) is 16.3. The molecule has 1 amide bonds. The van der Waals surface area contributed by atoms with Gasteiger partial charge in [0.2, 0.25) is 0 Å². The van der Waals surface area contributed by atoms with Gasteiger partial charge in [-0.15, -0.1) is 0 Å². The van der Waals surface area contributed by atoms with Gasteiger partial charge >= 0.3 is 0 Å². The van der Waals surface area contributed by atoms with Crippen molar-refractivity contribution >= 4 is 21.6 Å². The van der Waals surface area contributed by atoms with E-state index in [0.717, 1.165) is 6.42 Å². The van der Waals surface area contributed by atoms with Crippen molar-refractivity contribution in [3.63, 3.8) is 0 Å². The molecule has 8 heteroatoms. The third-order valence-corrected chi connectivity index (χ3v) is 5.29. The Morgan fingerprint density at radius 1 is 1.00 bits per heavy atom. The van der Waals surface area contributed by atoms with Gasteiger partial charge in [0.1, 0.15) is 11.5 Å². The van der Waals surface area contributed by atoms with E-state index in [9.17, 15) is 13.2 Å². The SMILES string of the molecule is COc1ccc(NS(=O)(=O)c2ccc(OCC(=O)NCCC(C)C)cc2)cc1. The summed E-state index contributed by atoms with van der Waals surface area (Å²) < 4.78 is 37.9. The van der Waals surface area contributed by atoms with Crippen LogP contribution in [0.15, 0.2) is 53.4 Å². The molecule has 28 heavy (non-hydrogen) atoms. The Morgan fingerprint density at radius 2 is 1.61 bits per heavy atom. The monoisotopic (exact) mass is 406 g/mol. The van der Waals surface area contributed by atoms with Gasteiger partial charge in [-0.1, -0.05) is 13.8 Å². The van der Waals surface area contributed by atoms with Crippen LogP contribution in [0, 0.1) is 5.92 Å². The van der Waals surface area contributed by atoms with Crippen LogP contribution in [0.4, 0.5) is 5.69 Å². The minimum absolute atomic E-state index is 0.0945. The molecule has 0 aliphatic carbocycles. The number of nitrogens with one attached hydrogen (secondary N) is 2. The molecule has 2 N–H and O–H groups in total. The summed E-state index contributed by atoms with van der Waals surface area (Å²) in [5.41, 5.74) is 0.430. The van der Waals surface area contributed by atoms with Gasteiger partial charge in [-0.25, -0.2) is 8.42 Å². The quantitative estimate of drug-likeness (QED) is 0.633. The number of hydrogen-bond acceptors (Lipinski definition) is 5. The van der Waals surface area contributed by atoms with Gasteiger partial charge in [-0.2, -0.15) is 0 Å². The lowest BCUT2D eigenvalue weighted by Gasteiger charge is -2.11. The summed E-state index contributed by atoms with van der Waals surface area (Å²) in [5, 5.41) is 2.78. The van der Waals surface area contributed by atoms with Gasteiger partial charge in [0.15, 0.2) is 6.61 Å². The Balaban J connectivity index is 1.90. The molecule has 0 bridgehead atoms. The smallest absolute Gasteiger partial charge is 0.261 e. The van der Waals surface area contributed by atoms with Crippen molar-refractivity contribution in [1.29, 1.82) is 0 Å². The Labute approximate surface area is 166 Å². The molecular weight excluding hydrogens is 380 g/mol. The van der Waals surface area contributed by atoms with Gasteiger partial charge in [0.25, 0.3) is 15.9 Å². The molecule has 0 aromatic heterocycles. The summed E-state index contributed by atoms with van der Waals surface area (Å²) in [6, 6.07) is 12.5. The maximum atomic E-state index is 12.5. The third kappa shape index (κ3) is 6.77. The fraction of sp³-hybridized carbons (Fsp3) is 0.350. The molecule has 0 aliphatic rings. The molecule has 0 aliphatic heterocycles. The highest BCUT2D eigenvalue weighted by atomic mass is 32.2. The summed E-state index contributed by atoms with van der Waals surface area (Å²) >= 11 is 0. The molecule has 0 spiro atoms. The highest BCUT2D eigenvalue weighted by Gasteiger charge is 2.14. The van der Waals surface area contributed by atoms with Crippen LogP contribution >= 0.6 is 0 Å². The maximum absolute atomic E-state index is 12.5. The zero-order valence-corrected chi connectivity index (χ0v) is 17.1. The molecule has 0 radical (unpaired) electrons. The van der Waals surface area contributed by atoms with Gasteiger partial charge in [0, 0.05) is 12.2 Å². The van der Waals surface area contributed by atoms with Crippen LogP contribution in [0.3, 0.4) is 0 Å². The fourth-order valence-electron chi connectivity index (χ4n) is 2.29. The molecule has 0 heterocycles. The Morgan fingerprint density at radius 3 is 2.18 bits per heavy atom. The second-order valence-electron chi connectivity index (χ2n) is 6.63. The average Bonchev–Trinajstić information content (AvgIpc) is 2.67. The molecule has 2 aromatic carbocycles. The van der Waals surface area contributed by atoms with E-state index in [2.05, 4.69) is 23.9 Å². The minimum atomic E-state index is -3.73. The normalized spacial score (nSPS) is 11.1. The summed E-state index contributed by atoms with van der Waals surface area (Å²) in [7, 11) is -2.19. The van der Waals surface area contributed by atoms with Crippen molar-refractivity contribution in [2.45, 2.75) is 25.2 Å². The van der Waals surface area contributed by atoms with Crippen LogP contribution in [0.2, 0.25) is 0 Å². The summed E-state index contributed by atoms with van der Waals surface area (Å²) in [5.74, 6) is 1.36. The van der Waals surface area contributed by atoms with Crippen molar-refractivity contribution in [3.05, 3.63) is 48.5 Å². The van der Waals surface area contributed by atoms with E-state index in [1.807, 2.05) is 0 Å². The highest BCUT2D eigenvalue weighted by molar-refractivity contribution is 7.92. The largest absolute Gasteiger partial charge is 0.497 e. The predicted molar refractivity (Wildman–Crippen MR) is 108 cm³/mol. The van der Waals surface area contributed by atoms with Crippen LogP contribution in [0.25, 0.3) is 0 Å². The second-order valence-corrected chi connectivity index (χ2v) is 8.31. The molecule has 0 atom stereocenters. The number of rotatable bonds is 10. The van der Waals surface area contributed by atoms with Gasteiger partial charge in [0.05, 0.1) is 12.0 Å². The van der Waals surface area contributed by atoms with E-state index >= 15 is 0 Å². The lowest BCUT2D eigenvalue weighted by molar-refractivity contribution is -0.123. The number of carbonyl (C=O) groups excluding carboxylic acids is 1. The van der Waals surface area contributed by atoms with E-state index in [1.165, 1.54) is 31.4 Å². The zero-order chi connectivity index (χ0) is 20.6. The van der Waals surface area contributed by atoms with Gasteiger partial charge in [-0.3, -0.25) is 9.52 Å². The van der Waals surface area contributed by atoms with Crippen molar-refractivity contribution < 1.29 is 22.7 Å². The van der Waals surface area contributed by atoms with Crippen molar-refractivity contribution in [2.24, 2.45) is 5.92 Å². The molecule has 7 nitrogen and oxygen atoms in total. The molecule has 0 fully saturated rings. The first-order valence-corrected chi connectivity index (χ1v) is 10.4. The van der Waals surface area contributed by atoms with Crippen LogP contribution < -0.4 is 19.5 Å². The number of amides is 1. The van der Waals surface area contributed by atoms with E-state index in [1.54, 1.807) is 24.3 Å². The molecule has 0 unspecified atom stereocenters. The molecule has 2 rings (SSSR count). The van der Waals surface area contributed by atoms with E-state index < -0.39 is 10.0 Å². The van der Waals surface area contributed by atoms with Crippen molar-refractivity contribution in [1.82, 2.24) is 5.32 Å². The second kappa shape index (κ2) is 9.98. The fourth-order valence-corrected chi connectivity index (χ4v) is 3.35.